The lowest BCUT2D eigenvalue weighted by atomic mass is 10.3. The molecule has 0 spiro atoms. The van der Waals surface area contributed by atoms with Crippen LogP contribution in [-0.4, -0.2) is 52.1 Å². The molecule has 6 nitrogen and oxygen atoms in total. The van der Waals surface area contributed by atoms with Crippen LogP contribution in [0, 0.1) is 5.82 Å². The average Bonchev–Trinajstić information content (AvgIpc) is 2.67. The number of anilines is 1. The number of nitrogens with zero attached hydrogens (tertiary/aromatic N) is 2. The molecule has 2 aromatic carbocycles. The molecule has 2 aromatic rings. The maximum Gasteiger partial charge on any atom is 0.264 e. The van der Waals surface area contributed by atoms with Crippen molar-refractivity contribution in [1.82, 2.24) is 4.90 Å². The van der Waals surface area contributed by atoms with Gasteiger partial charge in [-0.15, -0.1) is 0 Å². The molecule has 1 amide bonds. The summed E-state index contributed by atoms with van der Waals surface area (Å²) in [6.45, 7) is 1.39. The van der Waals surface area contributed by atoms with Crippen molar-refractivity contribution >= 4 is 21.6 Å². The number of carbonyl (C=O) groups is 1. The Bertz CT molecular complexity index is 851. The molecular weight excluding hydrogens is 359 g/mol. The van der Waals surface area contributed by atoms with E-state index in [0.717, 1.165) is 16.4 Å². The third-order valence-corrected chi connectivity index (χ3v) is 5.88. The molecule has 0 atom stereocenters. The van der Waals surface area contributed by atoms with E-state index in [4.69, 9.17) is 4.74 Å². The number of carbonyl (C=O) groups excluding carboxylic acids is 1. The van der Waals surface area contributed by atoms with Crippen LogP contribution in [0.1, 0.15) is 0 Å². The zero-order valence-corrected chi connectivity index (χ0v) is 14.9. The highest BCUT2D eigenvalue weighted by molar-refractivity contribution is 7.92. The van der Waals surface area contributed by atoms with Crippen molar-refractivity contribution < 1.29 is 22.3 Å². The zero-order valence-electron chi connectivity index (χ0n) is 14.0. The van der Waals surface area contributed by atoms with Crippen molar-refractivity contribution in [2.75, 3.05) is 37.2 Å². The van der Waals surface area contributed by atoms with Gasteiger partial charge in [0, 0.05) is 13.1 Å². The second-order valence-corrected chi connectivity index (χ2v) is 7.66. The molecule has 1 heterocycles. The van der Waals surface area contributed by atoms with Gasteiger partial charge in [0.15, 0.2) is 0 Å². The normalized spacial score (nSPS) is 14.9. The van der Waals surface area contributed by atoms with E-state index >= 15 is 0 Å². The number of hydrogen-bond donors (Lipinski definition) is 0. The van der Waals surface area contributed by atoms with E-state index in [1.54, 1.807) is 35.2 Å². The molecule has 8 heteroatoms. The number of benzene rings is 2. The quantitative estimate of drug-likeness (QED) is 0.797. The smallest absolute Gasteiger partial charge is 0.264 e. The molecular formula is C18H19FN2O4S. The van der Waals surface area contributed by atoms with E-state index in [-0.39, 0.29) is 17.3 Å². The van der Waals surface area contributed by atoms with Crippen molar-refractivity contribution in [3.05, 3.63) is 60.4 Å². The number of morpholine rings is 1. The van der Waals surface area contributed by atoms with Crippen LogP contribution < -0.4 is 4.31 Å². The minimum atomic E-state index is -4.02. The molecule has 26 heavy (non-hydrogen) atoms. The van der Waals surface area contributed by atoms with Gasteiger partial charge in [-0.25, -0.2) is 12.8 Å². The highest BCUT2D eigenvalue weighted by Gasteiger charge is 2.29. The summed E-state index contributed by atoms with van der Waals surface area (Å²) >= 11 is 0. The third kappa shape index (κ3) is 4.03. The van der Waals surface area contributed by atoms with Crippen LogP contribution in [0.25, 0.3) is 0 Å². The number of hydrogen-bond acceptors (Lipinski definition) is 4. The van der Waals surface area contributed by atoms with Gasteiger partial charge in [0.1, 0.15) is 12.4 Å². The molecule has 0 radical (unpaired) electrons. The summed E-state index contributed by atoms with van der Waals surface area (Å²) in [5.41, 5.74) is 0.374. The number of amides is 1. The Kier molecular flexibility index (Phi) is 5.53. The predicted octanol–water partition coefficient (Wildman–Crippen LogP) is 1.88. The summed E-state index contributed by atoms with van der Waals surface area (Å²) in [6.07, 6.45) is 0. The lowest BCUT2D eigenvalue weighted by Crippen LogP contribution is -2.47. The molecule has 0 N–H and O–H groups in total. The van der Waals surface area contributed by atoms with Crippen molar-refractivity contribution in [1.29, 1.82) is 0 Å². The third-order valence-electron chi connectivity index (χ3n) is 4.09. The first-order valence-corrected chi connectivity index (χ1v) is 9.61. The lowest BCUT2D eigenvalue weighted by Gasteiger charge is -2.30. The summed E-state index contributed by atoms with van der Waals surface area (Å²) < 4.78 is 45.6. The van der Waals surface area contributed by atoms with Gasteiger partial charge in [0.2, 0.25) is 5.91 Å². The molecule has 3 rings (SSSR count). The van der Waals surface area contributed by atoms with Gasteiger partial charge >= 0.3 is 0 Å². The van der Waals surface area contributed by atoms with Gasteiger partial charge < -0.3 is 9.64 Å². The highest BCUT2D eigenvalue weighted by atomic mass is 32.2. The van der Waals surface area contributed by atoms with E-state index < -0.39 is 15.8 Å². The van der Waals surface area contributed by atoms with E-state index in [1.807, 2.05) is 0 Å². The molecule has 1 aliphatic heterocycles. The Morgan fingerprint density at radius 3 is 2.27 bits per heavy atom. The maximum absolute atomic E-state index is 13.2. The molecule has 1 aliphatic rings. The molecule has 0 unspecified atom stereocenters. The van der Waals surface area contributed by atoms with Gasteiger partial charge in [-0.2, -0.15) is 0 Å². The van der Waals surface area contributed by atoms with E-state index in [0.29, 0.717) is 32.0 Å². The minimum absolute atomic E-state index is 0.0717. The molecule has 1 fully saturated rings. The first kappa shape index (κ1) is 18.3. The fourth-order valence-corrected chi connectivity index (χ4v) is 4.09. The number of para-hydroxylation sites is 1. The predicted molar refractivity (Wildman–Crippen MR) is 94.8 cm³/mol. The highest BCUT2D eigenvalue weighted by Crippen LogP contribution is 2.24. The SMILES string of the molecule is O=C(CN(c1ccccc1)S(=O)(=O)c1ccc(F)cc1)N1CCOCC1. The fraction of sp³-hybridized carbons (Fsp3) is 0.278. The van der Waals surface area contributed by atoms with Crippen LogP contribution in [-0.2, 0) is 19.6 Å². The van der Waals surface area contributed by atoms with E-state index in [9.17, 15) is 17.6 Å². The van der Waals surface area contributed by atoms with Crippen molar-refractivity contribution in [3.63, 3.8) is 0 Å². The molecule has 0 bridgehead atoms. The van der Waals surface area contributed by atoms with Crippen molar-refractivity contribution in [2.24, 2.45) is 0 Å². The summed E-state index contributed by atoms with van der Waals surface area (Å²) in [5, 5.41) is 0. The number of halogens is 1. The number of rotatable bonds is 5. The Morgan fingerprint density at radius 1 is 1.04 bits per heavy atom. The van der Waals surface area contributed by atoms with Crippen LogP contribution in [0.5, 0.6) is 0 Å². The Morgan fingerprint density at radius 2 is 1.65 bits per heavy atom. The maximum atomic E-state index is 13.2. The summed E-state index contributed by atoms with van der Waals surface area (Å²) in [7, 11) is -4.02. The van der Waals surface area contributed by atoms with Crippen molar-refractivity contribution in [2.45, 2.75) is 4.90 Å². The molecule has 1 saturated heterocycles. The monoisotopic (exact) mass is 378 g/mol. The van der Waals surface area contributed by atoms with E-state index in [2.05, 4.69) is 0 Å². The van der Waals surface area contributed by atoms with Crippen LogP contribution >= 0.6 is 0 Å². The molecule has 0 aromatic heterocycles. The minimum Gasteiger partial charge on any atom is -0.378 e. The van der Waals surface area contributed by atoms with Crippen LogP contribution in [0.2, 0.25) is 0 Å². The van der Waals surface area contributed by atoms with E-state index in [1.165, 1.54) is 12.1 Å². The van der Waals surface area contributed by atoms with Gasteiger partial charge in [0.05, 0.1) is 23.8 Å². The number of ether oxygens (including phenoxy) is 1. The zero-order chi connectivity index (χ0) is 18.6. The van der Waals surface area contributed by atoms with Crippen LogP contribution in [0.4, 0.5) is 10.1 Å². The molecule has 0 saturated carbocycles. The Balaban J connectivity index is 1.93. The summed E-state index contributed by atoms with van der Waals surface area (Å²) in [6, 6.07) is 12.9. The second-order valence-electron chi connectivity index (χ2n) is 5.79. The largest absolute Gasteiger partial charge is 0.378 e. The first-order chi connectivity index (χ1) is 12.5. The van der Waals surface area contributed by atoms with Crippen LogP contribution in [0.3, 0.4) is 0 Å². The number of sulfonamides is 1. The second kappa shape index (κ2) is 7.84. The van der Waals surface area contributed by atoms with Gasteiger partial charge in [-0.05, 0) is 36.4 Å². The van der Waals surface area contributed by atoms with Gasteiger partial charge in [-0.1, -0.05) is 18.2 Å². The first-order valence-electron chi connectivity index (χ1n) is 8.17. The Labute approximate surface area is 151 Å². The standard InChI is InChI=1S/C18H19FN2O4S/c19-15-6-8-17(9-7-15)26(23,24)21(16-4-2-1-3-5-16)14-18(22)20-10-12-25-13-11-20/h1-9H,10-14H2. The Hall–Kier alpha value is -2.45. The summed E-state index contributed by atoms with van der Waals surface area (Å²) in [5.74, 6) is -0.831. The topological polar surface area (TPSA) is 66.9 Å². The summed E-state index contributed by atoms with van der Waals surface area (Å²) in [4.78, 5) is 14.1. The van der Waals surface area contributed by atoms with Gasteiger partial charge in [0.25, 0.3) is 10.0 Å². The van der Waals surface area contributed by atoms with Crippen molar-refractivity contribution in [3.8, 4) is 0 Å². The molecule has 138 valence electrons. The molecule has 0 aliphatic carbocycles. The average molecular weight is 378 g/mol. The lowest BCUT2D eigenvalue weighted by molar-refractivity contribution is -0.133. The van der Waals surface area contributed by atoms with Crippen LogP contribution in [0.15, 0.2) is 59.5 Å². The van der Waals surface area contributed by atoms with Gasteiger partial charge in [-0.3, -0.25) is 9.10 Å². The fourth-order valence-electron chi connectivity index (χ4n) is 2.68.